The van der Waals surface area contributed by atoms with Crippen LogP contribution in [0.25, 0.3) is 11.4 Å². The number of benzene rings is 1. The van der Waals surface area contributed by atoms with Gasteiger partial charge in [-0.3, -0.25) is 14.5 Å². The van der Waals surface area contributed by atoms with Gasteiger partial charge in [0.05, 0.1) is 19.7 Å². The minimum Gasteiger partial charge on any atom is -0.507 e. The van der Waals surface area contributed by atoms with Crippen molar-refractivity contribution >= 4 is 6.29 Å². The number of aldehydes is 1. The molecule has 0 radical (unpaired) electrons. The lowest BCUT2D eigenvalue weighted by Gasteiger charge is -2.14. The summed E-state index contributed by atoms with van der Waals surface area (Å²) in [4.78, 5) is 15.6. The highest BCUT2D eigenvalue weighted by atomic mass is 16.5. The van der Waals surface area contributed by atoms with Gasteiger partial charge in [0.25, 0.3) is 0 Å². The van der Waals surface area contributed by atoms with Gasteiger partial charge in [-0.15, -0.1) is 0 Å². The topological polar surface area (TPSA) is 77.2 Å². The quantitative estimate of drug-likeness (QED) is 0.694. The summed E-state index contributed by atoms with van der Waals surface area (Å²) in [6, 6.07) is 9.24. The highest BCUT2D eigenvalue weighted by Gasteiger charge is 2.15. The second-order valence-electron chi connectivity index (χ2n) is 5.67. The monoisotopic (exact) mass is 339 g/mol. The van der Waals surface area contributed by atoms with E-state index < -0.39 is 6.56 Å². The Hall–Kier alpha value is -3.15. The number of rotatable bonds is 6. The molecule has 2 heterocycles. The number of pyridine rings is 1. The smallest absolute Gasteiger partial charge is 0.157 e. The van der Waals surface area contributed by atoms with Crippen molar-refractivity contribution < 1.29 is 17.4 Å². The molecular formula is C19H19N3O3. The fourth-order valence-electron chi connectivity index (χ4n) is 2.45. The van der Waals surface area contributed by atoms with Crippen LogP contribution in [0.2, 0.25) is 0 Å². The summed E-state index contributed by atoms with van der Waals surface area (Å²) >= 11 is 0. The first kappa shape index (κ1) is 14.2. The molecule has 1 N–H and O–H groups in total. The maximum atomic E-state index is 11.3. The van der Waals surface area contributed by atoms with Gasteiger partial charge in [0, 0.05) is 24.0 Å². The molecule has 3 aromatic rings. The second-order valence-corrected chi connectivity index (χ2v) is 5.67. The molecule has 0 saturated heterocycles. The van der Waals surface area contributed by atoms with Gasteiger partial charge in [-0.2, -0.15) is 5.10 Å². The van der Waals surface area contributed by atoms with Crippen LogP contribution in [0.4, 0.5) is 0 Å². The minimum absolute atomic E-state index is 0.0535. The van der Waals surface area contributed by atoms with Crippen LogP contribution in [0.1, 0.15) is 38.6 Å². The van der Waals surface area contributed by atoms with Crippen molar-refractivity contribution in [2.75, 3.05) is 0 Å². The number of hydrogen-bond acceptors (Lipinski definition) is 5. The van der Waals surface area contributed by atoms with Crippen molar-refractivity contribution in [2.45, 2.75) is 26.4 Å². The van der Waals surface area contributed by atoms with E-state index in [0.29, 0.717) is 17.7 Å². The molecule has 0 atom stereocenters. The minimum atomic E-state index is -2.30. The number of nitrogens with zero attached hydrogens (tertiary/aromatic N) is 3. The molecule has 1 aromatic carbocycles. The summed E-state index contributed by atoms with van der Waals surface area (Å²) < 4.78 is 24.1. The highest BCUT2D eigenvalue weighted by molar-refractivity contribution is 5.83. The zero-order valence-corrected chi connectivity index (χ0v) is 13.9. The summed E-state index contributed by atoms with van der Waals surface area (Å²) in [6.45, 7) is 1.63. The van der Waals surface area contributed by atoms with Crippen molar-refractivity contribution in [2.24, 2.45) is 0 Å². The van der Waals surface area contributed by atoms with Gasteiger partial charge in [-0.25, -0.2) is 0 Å². The first-order valence-corrected chi connectivity index (χ1v) is 7.80. The van der Waals surface area contributed by atoms with Crippen molar-refractivity contribution in [3.05, 3.63) is 59.9 Å². The number of aromatic nitrogens is 3. The van der Waals surface area contributed by atoms with Gasteiger partial charge in [0.15, 0.2) is 6.29 Å². The third kappa shape index (κ3) is 3.38. The Kier molecular flexibility index (Phi) is 4.08. The first-order valence-electron chi connectivity index (χ1n) is 8.80. The summed E-state index contributed by atoms with van der Waals surface area (Å²) in [5, 5.41) is 14.1. The van der Waals surface area contributed by atoms with Crippen LogP contribution in [-0.4, -0.2) is 26.2 Å². The van der Waals surface area contributed by atoms with Crippen LogP contribution in [-0.2, 0) is 6.56 Å². The largest absolute Gasteiger partial charge is 0.507 e. The maximum Gasteiger partial charge on any atom is 0.157 e. The fraction of sp³-hybridized carbons (Fsp3) is 0.211. The Morgan fingerprint density at radius 2 is 2.12 bits per heavy atom. The van der Waals surface area contributed by atoms with Gasteiger partial charge in [0.2, 0.25) is 0 Å². The lowest BCUT2D eigenvalue weighted by molar-refractivity contribution is 0.111. The van der Waals surface area contributed by atoms with E-state index in [-0.39, 0.29) is 28.7 Å². The molecule has 2 aromatic heterocycles. The van der Waals surface area contributed by atoms with E-state index >= 15 is 0 Å². The number of phenolic OH excluding ortho intramolecular Hbond substituents is 1. The molecule has 128 valence electrons. The molecule has 6 nitrogen and oxygen atoms in total. The molecule has 25 heavy (non-hydrogen) atoms. The standard InChI is InChI=1S/C19H19N3O3/c1-13(2)22-16(8-10-21-22)19-14(5-4-9-20-19)12-25-18-7-3-6-17(24)15(18)11-23/h3-11,13,24H,12H2,1-2H3/i12D2. The van der Waals surface area contributed by atoms with Gasteiger partial charge in [-0.05, 0) is 38.1 Å². The van der Waals surface area contributed by atoms with Crippen molar-refractivity contribution in [3.63, 3.8) is 0 Å². The van der Waals surface area contributed by atoms with Gasteiger partial charge in [0.1, 0.15) is 18.1 Å². The maximum absolute atomic E-state index is 11.3. The van der Waals surface area contributed by atoms with Gasteiger partial charge < -0.3 is 9.84 Å². The predicted molar refractivity (Wildman–Crippen MR) is 93.7 cm³/mol. The highest BCUT2D eigenvalue weighted by Crippen LogP contribution is 2.28. The van der Waals surface area contributed by atoms with E-state index in [1.54, 1.807) is 35.3 Å². The van der Waals surface area contributed by atoms with Crippen molar-refractivity contribution in [1.82, 2.24) is 14.8 Å². The Morgan fingerprint density at radius 1 is 1.28 bits per heavy atom. The molecular weight excluding hydrogens is 318 g/mol. The molecule has 0 aliphatic heterocycles. The summed E-state index contributed by atoms with van der Waals surface area (Å²) in [5.41, 5.74) is 1.12. The van der Waals surface area contributed by atoms with Crippen molar-refractivity contribution in [1.29, 1.82) is 0 Å². The first-order chi connectivity index (χ1) is 12.8. The molecule has 0 fully saturated rings. The molecule has 3 rings (SSSR count). The molecule has 0 amide bonds. The molecule has 0 saturated carbocycles. The Balaban J connectivity index is 2.08. The molecule has 0 aliphatic carbocycles. The number of carbonyl (C=O) groups is 1. The summed E-state index contributed by atoms with van der Waals surface area (Å²) in [7, 11) is 0. The molecule has 0 spiro atoms. The van der Waals surface area contributed by atoms with Crippen LogP contribution in [0.15, 0.2) is 48.8 Å². The zero-order chi connectivity index (χ0) is 19.6. The summed E-state index contributed by atoms with van der Waals surface area (Å²) in [6.07, 6.45) is 3.63. The van der Waals surface area contributed by atoms with Crippen LogP contribution in [0.5, 0.6) is 11.5 Å². The van der Waals surface area contributed by atoms with E-state index in [4.69, 9.17) is 7.48 Å². The molecule has 0 aliphatic rings. The molecule has 0 bridgehead atoms. The third-order valence-corrected chi connectivity index (χ3v) is 3.64. The number of aromatic hydroxyl groups is 1. The SMILES string of the molecule is [2H]C([2H])(Oc1cccc(O)c1C=O)c1cccnc1-c1ccnn1C(C)C. The van der Waals surface area contributed by atoms with E-state index in [1.165, 1.54) is 18.2 Å². The van der Waals surface area contributed by atoms with Crippen molar-refractivity contribution in [3.8, 4) is 22.9 Å². The summed E-state index contributed by atoms with van der Waals surface area (Å²) in [5.74, 6) is -0.329. The third-order valence-electron chi connectivity index (χ3n) is 3.64. The van der Waals surface area contributed by atoms with E-state index in [0.717, 1.165) is 0 Å². The molecule has 0 unspecified atom stereocenters. The van der Waals surface area contributed by atoms with E-state index in [9.17, 15) is 9.90 Å². The second kappa shape index (κ2) is 7.17. The zero-order valence-electron chi connectivity index (χ0n) is 15.9. The van der Waals surface area contributed by atoms with Gasteiger partial charge >= 0.3 is 0 Å². The molecule has 6 heteroatoms. The number of phenols is 1. The lowest BCUT2D eigenvalue weighted by Crippen LogP contribution is -2.08. The van der Waals surface area contributed by atoms with E-state index in [1.807, 2.05) is 13.8 Å². The predicted octanol–water partition coefficient (Wildman–Crippen LogP) is 3.62. The van der Waals surface area contributed by atoms with Crippen LogP contribution in [0, 0.1) is 0 Å². The van der Waals surface area contributed by atoms with Gasteiger partial charge in [-0.1, -0.05) is 12.1 Å². The number of ether oxygens (including phenoxy) is 1. The lowest BCUT2D eigenvalue weighted by atomic mass is 10.1. The van der Waals surface area contributed by atoms with Crippen LogP contribution >= 0.6 is 0 Å². The average Bonchev–Trinajstić information content (AvgIpc) is 3.11. The average molecular weight is 339 g/mol. The number of carbonyl (C=O) groups excluding carboxylic acids is 1. The fourth-order valence-corrected chi connectivity index (χ4v) is 2.45. The van der Waals surface area contributed by atoms with Crippen LogP contribution in [0.3, 0.4) is 0 Å². The normalized spacial score (nSPS) is 12.6. The Morgan fingerprint density at radius 3 is 2.88 bits per heavy atom. The van der Waals surface area contributed by atoms with E-state index in [2.05, 4.69) is 10.1 Å². The Labute approximate surface area is 148 Å². The van der Waals surface area contributed by atoms with Crippen LogP contribution < -0.4 is 4.74 Å². The Bertz CT molecular complexity index is 970. The number of hydrogen-bond donors (Lipinski definition) is 1.